The van der Waals surface area contributed by atoms with Crippen LogP contribution in [-0.4, -0.2) is 48.1 Å². The molecule has 1 aromatic heterocycles. The maximum absolute atomic E-state index is 12.8. The molecule has 1 saturated heterocycles. The van der Waals surface area contributed by atoms with Crippen LogP contribution in [0.25, 0.3) is 10.9 Å². The van der Waals surface area contributed by atoms with Gasteiger partial charge in [-0.05, 0) is 55.3 Å². The number of benzene rings is 2. The van der Waals surface area contributed by atoms with Gasteiger partial charge in [0.1, 0.15) is 25.7 Å². The van der Waals surface area contributed by atoms with Crippen LogP contribution < -0.4 is 10.1 Å². The van der Waals surface area contributed by atoms with Crippen molar-refractivity contribution >= 4 is 36.2 Å². The fourth-order valence-electron chi connectivity index (χ4n) is 3.56. The summed E-state index contributed by atoms with van der Waals surface area (Å²) in [7, 11) is 2.19. The Labute approximate surface area is 177 Å². The minimum atomic E-state index is -4.74. The lowest BCUT2D eigenvalue weighted by Gasteiger charge is -2.30. The van der Waals surface area contributed by atoms with Gasteiger partial charge in [0.25, 0.3) is 5.91 Å². The molecule has 1 N–H and O–H groups in total. The van der Waals surface area contributed by atoms with Gasteiger partial charge in [-0.2, -0.15) is 0 Å². The van der Waals surface area contributed by atoms with E-state index in [0.29, 0.717) is 33.8 Å². The SMILES string of the molecule is BC1CCN(C(=O)c2ccc3c(Nc4ccc(OC(F)(F)F)cc4)ncnc3c2)CC1. The van der Waals surface area contributed by atoms with Crippen LogP contribution >= 0.6 is 0 Å². The summed E-state index contributed by atoms with van der Waals surface area (Å²) < 4.78 is 40.8. The van der Waals surface area contributed by atoms with Gasteiger partial charge >= 0.3 is 6.36 Å². The van der Waals surface area contributed by atoms with Crippen molar-refractivity contribution in [2.75, 3.05) is 18.4 Å². The number of hydrogen-bond acceptors (Lipinski definition) is 5. The van der Waals surface area contributed by atoms with Gasteiger partial charge in [0.05, 0.1) is 5.52 Å². The van der Waals surface area contributed by atoms with E-state index in [1.165, 1.54) is 30.6 Å². The van der Waals surface area contributed by atoms with Crippen LogP contribution in [0.15, 0.2) is 48.8 Å². The van der Waals surface area contributed by atoms with Gasteiger partial charge in [0, 0.05) is 29.7 Å². The molecule has 0 unspecified atom stereocenters. The molecule has 0 aliphatic carbocycles. The largest absolute Gasteiger partial charge is 0.573 e. The summed E-state index contributed by atoms with van der Waals surface area (Å²) in [4.78, 5) is 23.2. The van der Waals surface area contributed by atoms with Crippen molar-refractivity contribution in [2.45, 2.75) is 25.0 Å². The van der Waals surface area contributed by atoms with E-state index in [1.807, 2.05) is 4.90 Å². The predicted molar refractivity (Wildman–Crippen MR) is 113 cm³/mol. The molecule has 0 spiro atoms. The Morgan fingerprint density at radius 3 is 2.48 bits per heavy atom. The Bertz CT molecular complexity index is 1080. The lowest BCUT2D eigenvalue weighted by Crippen LogP contribution is -2.37. The average Bonchev–Trinajstić information content (AvgIpc) is 2.74. The molecule has 4 rings (SSSR count). The zero-order chi connectivity index (χ0) is 22.0. The minimum Gasteiger partial charge on any atom is -0.406 e. The Morgan fingerprint density at radius 2 is 1.81 bits per heavy atom. The van der Waals surface area contributed by atoms with Crippen molar-refractivity contribution in [3.63, 3.8) is 0 Å². The number of hydrogen-bond donors (Lipinski definition) is 1. The number of nitrogens with zero attached hydrogens (tertiary/aromatic N) is 3. The summed E-state index contributed by atoms with van der Waals surface area (Å²) in [6.45, 7) is 1.51. The number of fused-ring (bicyclic) bond motifs is 1. The lowest BCUT2D eigenvalue weighted by atomic mass is 9.79. The van der Waals surface area contributed by atoms with Crippen LogP contribution in [0, 0.1) is 0 Å². The first-order chi connectivity index (χ1) is 14.8. The summed E-state index contributed by atoms with van der Waals surface area (Å²) >= 11 is 0. The van der Waals surface area contributed by atoms with Crippen LogP contribution in [0.1, 0.15) is 23.2 Å². The Balaban J connectivity index is 1.52. The molecule has 10 heteroatoms. The minimum absolute atomic E-state index is 0.0119. The van der Waals surface area contributed by atoms with E-state index in [2.05, 4.69) is 27.9 Å². The molecule has 0 atom stereocenters. The molecule has 0 bridgehead atoms. The van der Waals surface area contributed by atoms with Crippen molar-refractivity contribution in [1.29, 1.82) is 0 Å². The number of halogens is 3. The number of amides is 1. The number of nitrogens with one attached hydrogen (secondary N) is 1. The lowest BCUT2D eigenvalue weighted by molar-refractivity contribution is -0.274. The van der Waals surface area contributed by atoms with Crippen molar-refractivity contribution in [1.82, 2.24) is 14.9 Å². The second kappa shape index (κ2) is 8.45. The second-order valence-corrected chi connectivity index (χ2v) is 7.63. The molecule has 0 radical (unpaired) electrons. The highest BCUT2D eigenvalue weighted by atomic mass is 19.4. The van der Waals surface area contributed by atoms with Crippen molar-refractivity contribution < 1.29 is 22.7 Å². The zero-order valence-corrected chi connectivity index (χ0v) is 16.8. The topological polar surface area (TPSA) is 67.4 Å². The van der Waals surface area contributed by atoms with E-state index < -0.39 is 6.36 Å². The molecule has 1 aliphatic rings. The highest BCUT2D eigenvalue weighted by molar-refractivity contribution is 6.11. The summed E-state index contributed by atoms with van der Waals surface area (Å²) in [5.74, 6) is 0.805. The summed E-state index contributed by atoms with van der Waals surface area (Å²) in [5.41, 5.74) is 1.71. The summed E-state index contributed by atoms with van der Waals surface area (Å²) in [6, 6.07) is 10.6. The molecule has 2 aromatic carbocycles. The smallest absolute Gasteiger partial charge is 0.406 e. The monoisotopic (exact) mass is 428 g/mol. The van der Waals surface area contributed by atoms with Crippen molar-refractivity contribution in [3.05, 3.63) is 54.4 Å². The number of likely N-dealkylation sites (tertiary alicyclic amines) is 1. The predicted octanol–water partition coefficient (Wildman–Crippen LogP) is 3.93. The van der Waals surface area contributed by atoms with Crippen molar-refractivity contribution in [3.8, 4) is 5.75 Å². The average molecular weight is 428 g/mol. The highest BCUT2D eigenvalue weighted by Gasteiger charge is 2.31. The van der Waals surface area contributed by atoms with Gasteiger partial charge < -0.3 is 15.0 Å². The van der Waals surface area contributed by atoms with E-state index in [4.69, 9.17) is 0 Å². The van der Waals surface area contributed by atoms with E-state index in [9.17, 15) is 18.0 Å². The Morgan fingerprint density at radius 1 is 1.10 bits per heavy atom. The molecule has 160 valence electrons. The summed E-state index contributed by atoms with van der Waals surface area (Å²) in [6.07, 6.45) is -1.35. The van der Waals surface area contributed by atoms with Gasteiger partial charge in [-0.15, -0.1) is 13.2 Å². The number of carbonyl (C=O) groups excluding carboxylic acids is 1. The molecule has 1 fully saturated rings. The number of ether oxygens (including phenoxy) is 1. The number of alkyl halides is 3. The van der Waals surface area contributed by atoms with Gasteiger partial charge in [-0.3, -0.25) is 4.79 Å². The number of rotatable bonds is 4. The molecule has 0 saturated carbocycles. The van der Waals surface area contributed by atoms with Crippen LogP contribution in [0.3, 0.4) is 0 Å². The van der Waals surface area contributed by atoms with E-state index in [1.54, 1.807) is 18.2 Å². The summed E-state index contributed by atoms with van der Waals surface area (Å²) in [5, 5.41) is 3.77. The van der Waals surface area contributed by atoms with Gasteiger partial charge in [-0.1, -0.05) is 5.82 Å². The normalized spacial score (nSPS) is 15.1. The third kappa shape index (κ3) is 5.07. The highest BCUT2D eigenvalue weighted by Crippen LogP contribution is 2.28. The number of anilines is 2. The first kappa shape index (κ1) is 21.0. The zero-order valence-electron chi connectivity index (χ0n) is 16.8. The van der Waals surface area contributed by atoms with Gasteiger partial charge in [0.2, 0.25) is 0 Å². The number of aromatic nitrogens is 2. The molecule has 6 nitrogen and oxygen atoms in total. The van der Waals surface area contributed by atoms with E-state index >= 15 is 0 Å². The molecule has 31 heavy (non-hydrogen) atoms. The first-order valence-electron chi connectivity index (χ1n) is 9.95. The van der Waals surface area contributed by atoms with Gasteiger partial charge in [-0.25, -0.2) is 9.97 Å². The van der Waals surface area contributed by atoms with Gasteiger partial charge in [0.15, 0.2) is 0 Å². The molecular formula is C21H20BF3N4O2. The van der Waals surface area contributed by atoms with Crippen molar-refractivity contribution in [2.24, 2.45) is 0 Å². The van der Waals surface area contributed by atoms with E-state index in [0.717, 1.165) is 25.9 Å². The van der Waals surface area contributed by atoms with Crippen LogP contribution in [0.2, 0.25) is 5.82 Å². The standard InChI is InChI=1S/C21H20BF3N4O2/c22-14-7-9-29(10-8-14)20(30)13-1-6-17-18(11-13)26-12-27-19(17)28-15-2-4-16(5-3-15)31-21(23,24)25/h1-6,11-12,14H,7-10,22H2,(H,26,27,28). The molecule has 2 heterocycles. The number of piperidine rings is 1. The second-order valence-electron chi connectivity index (χ2n) is 7.63. The third-order valence-electron chi connectivity index (χ3n) is 5.30. The maximum Gasteiger partial charge on any atom is 0.573 e. The quantitative estimate of drug-likeness (QED) is 0.638. The molecule has 1 amide bonds. The maximum atomic E-state index is 12.8. The first-order valence-corrected chi connectivity index (χ1v) is 9.95. The fraction of sp³-hybridized carbons (Fsp3) is 0.286. The Kier molecular flexibility index (Phi) is 5.71. The Hall–Kier alpha value is -3.30. The molecule has 1 aliphatic heterocycles. The number of carbonyl (C=O) groups is 1. The van der Waals surface area contributed by atoms with Crippen LogP contribution in [0.4, 0.5) is 24.7 Å². The van der Waals surface area contributed by atoms with Crippen LogP contribution in [0.5, 0.6) is 5.75 Å². The molecular weight excluding hydrogens is 408 g/mol. The fourth-order valence-corrected chi connectivity index (χ4v) is 3.56. The molecule has 3 aromatic rings. The van der Waals surface area contributed by atoms with Crippen LogP contribution in [-0.2, 0) is 0 Å². The van der Waals surface area contributed by atoms with E-state index in [-0.39, 0.29) is 11.7 Å². The third-order valence-corrected chi connectivity index (χ3v) is 5.30.